The number of aromatic nitrogens is 4. The minimum Gasteiger partial charge on any atom is -0.345 e. The second-order valence-electron chi connectivity index (χ2n) is 5.24. The van der Waals surface area contributed by atoms with Gasteiger partial charge < -0.3 is 19.7 Å². The van der Waals surface area contributed by atoms with E-state index in [2.05, 4.69) is 25.8 Å². The quantitative estimate of drug-likeness (QED) is 0.832. The van der Waals surface area contributed by atoms with Crippen LogP contribution in [0, 0.1) is 0 Å². The Labute approximate surface area is 121 Å². The maximum Gasteiger partial charge on any atom is 0.292 e. The van der Waals surface area contributed by atoms with Crippen molar-refractivity contribution in [2.45, 2.75) is 38.4 Å². The standard InChI is InChI=1S/C13H18N6O2/c1-9(7-19-6-5-14-8-19)16-12(20)11-17-13(21-18-11)10-3-2-4-15-10/h5-6,8-10,15H,2-4,7H2,1H3,(H,16,20). The van der Waals surface area contributed by atoms with Crippen molar-refractivity contribution in [2.75, 3.05) is 6.54 Å². The van der Waals surface area contributed by atoms with E-state index < -0.39 is 0 Å². The normalized spacial score (nSPS) is 19.6. The molecular formula is C13H18N6O2. The number of nitrogens with zero attached hydrogens (tertiary/aromatic N) is 4. The monoisotopic (exact) mass is 290 g/mol. The van der Waals surface area contributed by atoms with Crippen LogP contribution in [0.1, 0.15) is 42.3 Å². The fraction of sp³-hybridized carbons (Fsp3) is 0.538. The average Bonchev–Trinajstić information content (AvgIpc) is 3.20. The van der Waals surface area contributed by atoms with Crippen LogP contribution in [0.5, 0.6) is 0 Å². The van der Waals surface area contributed by atoms with Crippen molar-refractivity contribution in [3.05, 3.63) is 30.4 Å². The zero-order chi connectivity index (χ0) is 14.7. The van der Waals surface area contributed by atoms with Gasteiger partial charge in [0.15, 0.2) is 0 Å². The van der Waals surface area contributed by atoms with Crippen LogP contribution in [0.3, 0.4) is 0 Å². The Morgan fingerprint density at radius 3 is 3.29 bits per heavy atom. The third-order valence-electron chi connectivity index (χ3n) is 3.42. The Morgan fingerprint density at radius 2 is 2.57 bits per heavy atom. The molecule has 2 unspecified atom stereocenters. The first-order valence-electron chi connectivity index (χ1n) is 7.06. The summed E-state index contributed by atoms with van der Waals surface area (Å²) in [5, 5.41) is 9.86. The van der Waals surface area contributed by atoms with Crippen LogP contribution in [0.2, 0.25) is 0 Å². The molecular weight excluding hydrogens is 272 g/mol. The molecule has 0 spiro atoms. The molecule has 1 aliphatic heterocycles. The lowest BCUT2D eigenvalue weighted by molar-refractivity contribution is 0.0923. The van der Waals surface area contributed by atoms with Gasteiger partial charge in [0.2, 0.25) is 5.89 Å². The number of hydrogen-bond donors (Lipinski definition) is 2. The fourth-order valence-electron chi connectivity index (χ4n) is 2.41. The third kappa shape index (κ3) is 3.27. The topological polar surface area (TPSA) is 97.9 Å². The van der Waals surface area contributed by atoms with Gasteiger partial charge in [-0.2, -0.15) is 4.98 Å². The molecule has 1 fully saturated rings. The van der Waals surface area contributed by atoms with Gasteiger partial charge in [-0.1, -0.05) is 5.16 Å². The smallest absolute Gasteiger partial charge is 0.292 e. The Hall–Kier alpha value is -2.22. The molecule has 2 atom stereocenters. The van der Waals surface area contributed by atoms with Crippen LogP contribution in [0.4, 0.5) is 0 Å². The summed E-state index contributed by atoms with van der Waals surface area (Å²) in [5.74, 6) is 0.242. The Bertz CT molecular complexity index is 588. The first kappa shape index (κ1) is 13.7. The van der Waals surface area contributed by atoms with Crippen molar-refractivity contribution in [2.24, 2.45) is 0 Å². The van der Waals surface area contributed by atoms with Gasteiger partial charge in [0.25, 0.3) is 11.7 Å². The summed E-state index contributed by atoms with van der Waals surface area (Å²) in [5.41, 5.74) is 0. The molecule has 2 aromatic rings. The zero-order valence-electron chi connectivity index (χ0n) is 11.8. The van der Waals surface area contributed by atoms with Gasteiger partial charge in [-0.15, -0.1) is 0 Å². The molecule has 2 aromatic heterocycles. The summed E-state index contributed by atoms with van der Waals surface area (Å²) in [4.78, 5) is 20.2. The summed E-state index contributed by atoms with van der Waals surface area (Å²) >= 11 is 0. The van der Waals surface area contributed by atoms with Gasteiger partial charge in [-0.25, -0.2) is 4.98 Å². The van der Waals surface area contributed by atoms with Crippen LogP contribution >= 0.6 is 0 Å². The van der Waals surface area contributed by atoms with Crippen LogP contribution in [-0.2, 0) is 6.54 Å². The molecule has 0 aromatic carbocycles. The second-order valence-corrected chi connectivity index (χ2v) is 5.24. The Balaban J connectivity index is 1.57. The number of rotatable bonds is 5. The first-order chi connectivity index (χ1) is 10.2. The molecule has 2 N–H and O–H groups in total. The molecule has 0 bridgehead atoms. The molecule has 0 saturated carbocycles. The van der Waals surface area contributed by atoms with Crippen LogP contribution < -0.4 is 10.6 Å². The average molecular weight is 290 g/mol. The number of carbonyl (C=O) groups is 1. The number of carbonyl (C=O) groups excluding carboxylic acids is 1. The zero-order valence-corrected chi connectivity index (χ0v) is 11.8. The molecule has 1 amide bonds. The molecule has 112 valence electrons. The highest BCUT2D eigenvalue weighted by atomic mass is 16.5. The van der Waals surface area contributed by atoms with Crippen LogP contribution in [-0.4, -0.2) is 38.2 Å². The lowest BCUT2D eigenvalue weighted by atomic mass is 10.2. The second kappa shape index (κ2) is 6.04. The maximum absolute atomic E-state index is 12.1. The van der Waals surface area contributed by atoms with Gasteiger partial charge in [-0.3, -0.25) is 4.79 Å². The Morgan fingerprint density at radius 1 is 1.67 bits per heavy atom. The molecule has 0 aliphatic carbocycles. The van der Waals surface area contributed by atoms with Crippen molar-refractivity contribution < 1.29 is 9.32 Å². The summed E-state index contributed by atoms with van der Waals surface area (Å²) in [7, 11) is 0. The highest BCUT2D eigenvalue weighted by Crippen LogP contribution is 2.20. The summed E-state index contributed by atoms with van der Waals surface area (Å²) in [6.45, 7) is 3.49. The van der Waals surface area contributed by atoms with E-state index in [-0.39, 0.29) is 23.8 Å². The predicted octanol–water partition coefficient (Wildman–Crippen LogP) is 0.509. The molecule has 1 aliphatic rings. The molecule has 8 nitrogen and oxygen atoms in total. The van der Waals surface area contributed by atoms with E-state index in [9.17, 15) is 4.79 Å². The van der Waals surface area contributed by atoms with E-state index in [1.807, 2.05) is 17.7 Å². The van der Waals surface area contributed by atoms with Gasteiger partial charge in [0.1, 0.15) is 0 Å². The van der Waals surface area contributed by atoms with Crippen molar-refractivity contribution in [3.63, 3.8) is 0 Å². The van der Waals surface area contributed by atoms with Crippen LogP contribution in [0.15, 0.2) is 23.2 Å². The van der Waals surface area contributed by atoms with Crippen molar-refractivity contribution in [1.82, 2.24) is 30.3 Å². The lowest BCUT2D eigenvalue weighted by Gasteiger charge is -2.12. The number of nitrogens with one attached hydrogen (secondary N) is 2. The van der Waals surface area contributed by atoms with Crippen molar-refractivity contribution in [1.29, 1.82) is 0 Å². The molecule has 3 rings (SSSR count). The minimum absolute atomic E-state index is 0.0572. The molecule has 1 saturated heterocycles. The largest absolute Gasteiger partial charge is 0.345 e. The predicted molar refractivity (Wildman–Crippen MR) is 73.4 cm³/mol. The van der Waals surface area contributed by atoms with E-state index >= 15 is 0 Å². The van der Waals surface area contributed by atoms with Gasteiger partial charge in [-0.05, 0) is 26.3 Å². The fourth-order valence-corrected chi connectivity index (χ4v) is 2.41. The minimum atomic E-state index is -0.324. The van der Waals surface area contributed by atoms with E-state index in [1.165, 1.54) is 0 Å². The highest BCUT2D eigenvalue weighted by Gasteiger charge is 2.24. The van der Waals surface area contributed by atoms with Crippen molar-refractivity contribution >= 4 is 5.91 Å². The Kier molecular flexibility index (Phi) is 3.96. The van der Waals surface area contributed by atoms with E-state index in [4.69, 9.17) is 4.52 Å². The van der Waals surface area contributed by atoms with E-state index in [0.717, 1.165) is 19.4 Å². The van der Waals surface area contributed by atoms with Gasteiger partial charge >= 0.3 is 0 Å². The first-order valence-corrected chi connectivity index (χ1v) is 7.06. The van der Waals surface area contributed by atoms with E-state index in [0.29, 0.717) is 12.4 Å². The molecule has 3 heterocycles. The molecule has 8 heteroatoms. The van der Waals surface area contributed by atoms with Crippen LogP contribution in [0.25, 0.3) is 0 Å². The highest BCUT2D eigenvalue weighted by molar-refractivity contribution is 5.90. The number of imidazole rings is 1. The van der Waals surface area contributed by atoms with Crippen molar-refractivity contribution in [3.8, 4) is 0 Å². The van der Waals surface area contributed by atoms with Gasteiger partial charge in [0.05, 0.1) is 12.4 Å². The molecule has 0 radical (unpaired) electrons. The maximum atomic E-state index is 12.1. The lowest BCUT2D eigenvalue weighted by Crippen LogP contribution is -2.36. The summed E-state index contributed by atoms with van der Waals surface area (Å²) in [6.07, 6.45) is 7.30. The number of hydrogen-bond acceptors (Lipinski definition) is 6. The number of amides is 1. The van der Waals surface area contributed by atoms with E-state index in [1.54, 1.807) is 12.5 Å². The summed E-state index contributed by atoms with van der Waals surface area (Å²) in [6, 6.07) is 0.0145. The SMILES string of the molecule is CC(Cn1ccnc1)NC(=O)c1noc(C2CCCN2)n1. The summed E-state index contributed by atoms with van der Waals surface area (Å²) < 4.78 is 7.06. The molecule has 21 heavy (non-hydrogen) atoms. The third-order valence-corrected chi connectivity index (χ3v) is 3.42. The van der Waals surface area contributed by atoms with Gasteiger partial charge in [0, 0.05) is 25.0 Å².